The summed E-state index contributed by atoms with van der Waals surface area (Å²) in [6.45, 7) is 0. The number of para-hydroxylation sites is 1. The molecule has 0 N–H and O–H groups in total. The number of carbonyl (C=O) groups is 1. The lowest BCUT2D eigenvalue weighted by Crippen LogP contribution is -2.35. The van der Waals surface area contributed by atoms with E-state index in [1.165, 1.54) is 4.90 Å². The molecule has 2 rings (SSSR count). The van der Waals surface area contributed by atoms with Crippen LogP contribution in [0.15, 0.2) is 29.2 Å². The Bertz CT molecular complexity index is 355. The molecule has 0 saturated carbocycles. The highest BCUT2D eigenvalue weighted by molar-refractivity contribution is 8.00. The van der Waals surface area contributed by atoms with Crippen LogP contribution in [0.3, 0.4) is 0 Å². The van der Waals surface area contributed by atoms with E-state index in [0.717, 1.165) is 22.3 Å². The number of anilines is 1. The minimum Gasteiger partial charge on any atom is -0.311 e. The Hall–Kier alpha value is -1.03. The largest absolute Gasteiger partial charge is 0.311 e. The summed E-state index contributed by atoms with van der Waals surface area (Å²) >= 11 is 0.966. The van der Waals surface area contributed by atoms with Gasteiger partial charge in [-0.05, 0) is 12.1 Å². The van der Waals surface area contributed by atoms with E-state index in [-0.39, 0.29) is 0 Å². The Morgan fingerprint density at radius 2 is 2.15 bits per heavy atom. The number of alkyl halides is 1. The third-order valence-electron chi connectivity index (χ3n) is 1.98. The molecule has 13 heavy (non-hydrogen) atoms. The van der Waals surface area contributed by atoms with Gasteiger partial charge in [-0.3, -0.25) is 4.79 Å². The number of hydrogen-bond donors (Lipinski definition) is 0. The second-order valence-corrected chi connectivity index (χ2v) is 3.89. The smallest absolute Gasteiger partial charge is 0.272 e. The van der Waals surface area contributed by atoms with Crippen molar-refractivity contribution in [3.63, 3.8) is 0 Å². The fourth-order valence-corrected chi connectivity index (χ4v) is 2.23. The minimum absolute atomic E-state index is 0.483. The molecule has 0 radical (unpaired) electrons. The molecule has 2 nitrogen and oxygen atoms in total. The molecule has 1 unspecified atom stereocenters. The van der Waals surface area contributed by atoms with Crippen molar-refractivity contribution in [1.29, 1.82) is 0 Å². The van der Waals surface area contributed by atoms with Gasteiger partial charge >= 0.3 is 0 Å². The van der Waals surface area contributed by atoms with Gasteiger partial charge < -0.3 is 4.90 Å². The van der Waals surface area contributed by atoms with Crippen LogP contribution < -0.4 is 4.90 Å². The highest BCUT2D eigenvalue weighted by Crippen LogP contribution is 2.38. The van der Waals surface area contributed by atoms with Gasteiger partial charge in [-0.1, -0.05) is 23.9 Å². The molecular weight excluding hydrogens is 189 g/mol. The zero-order chi connectivity index (χ0) is 9.42. The van der Waals surface area contributed by atoms with E-state index in [9.17, 15) is 9.18 Å². The van der Waals surface area contributed by atoms with Gasteiger partial charge in [0.05, 0.1) is 5.69 Å². The van der Waals surface area contributed by atoms with E-state index >= 15 is 0 Å². The van der Waals surface area contributed by atoms with Gasteiger partial charge in [-0.2, -0.15) is 0 Å². The SMILES string of the molecule is CN1C(=O)C(F)Sc2ccccc21. The molecule has 0 bridgehead atoms. The average Bonchev–Trinajstić information content (AvgIpc) is 2.15. The molecule has 4 heteroatoms. The predicted octanol–water partition coefficient (Wildman–Crippen LogP) is 2.05. The summed E-state index contributed by atoms with van der Waals surface area (Å²) in [7, 11) is 1.59. The first-order valence-electron chi connectivity index (χ1n) is 3.87. The highest BCUT2D eigenvalue weighted by Gasteiger charge is 2.30. The van der Waals surface area contributed by atoms with Gasteiger partial charge in [0.1, 0.15) is 0 Å². The molecule has 0 spiro atoms. The molecule has 1 aliphatic rings. The van der Waals surface area contributed by atoms with Crippen LogP contribution in [0.25, 0.3) is 0 Å². The molecule has 0 fully saturated rings. The van der Waals surface area contributed by atoms with E-state index in [1.54, 1.807) is 7.05 Å². The number of rotatable bonds is 0. The second-order valence-electron chi connectivity index (χ2n) is 2.80. The Labute approximate surface area is 79.7 Å². The molecule has 0 saturated heterocycles. The number of hydrogen-bond acceptors (Lipinski definition) is 2. The van der Waals surface area contributed by atoms with E-state index in [2.05, 4.69) is 0 Å². The Morgan fingerprint density at radius 3 is 2.92 bits per heavy atom. The van der Waals surface area contributed by atoms with Crippen LogP contribution in [0, 0.1) is 0 Å². The summed E-state index contributed by atoms with van der Waals surface area (Å²) in [5, 5.41) is 0. The second kappa shape index (κ2) is 3.03. The third-order valence-corrected chi connectivity index (χ3v) is 2.99. The van der Waals surface area contributed by atoms with Crippen LogP contribution in [0.4, 0.5) is 10.1 Å². The van der Waals surface area contributed by atoms with Crippen molar-refractivity contribution in [3.8, 4) is 0 Å². The monoisotopic (exact) mass is 197 g/mol. The third kappa shape index (κ3) is 1.31. The van der Waals surface area contributed by atoms with Gasteiger partial charge in [0.2, 0.25) is 5.50 Å². The number of thioether (sulfide) groups is 1. The number of benzene rings is 1. The average molecular weight is 197 g/mol. The lowest BCUT2D eigenvalue weighted by Gasteiger charge is -2.26. The van der Waals surface area contributed by atoms with E-state index in [1.807, 2.05) is 24.3 Å². The van der Waals surface area contributed by atoms with Crippen molar-refractivity contribution in [3.05, 3.63) is 24.3 Å². The molecule has 1 aromatic carbocycles. The van der Waals surface area contributed by atoms with Crippen molar-refractivity contribution in [2.75, 3.05) is 11.9 Å². The summed E-state index contributed by atoms with van der Waals surface area (Å²) in [6, 6.07) is 7.30. The minimum atomic E-state index is -1.46. The molecule has 1 amide bonds. The summed E-state index contributed by atoms with van der Waals surface area (Å²) in [5.74, 6) is -0.483. The van der Waals surface area contributed by atoms with Crippen molar-refractivity contribution in [2.24, 2.45) is 0 Å². The van der Waals surface area contributed by atoms with Gasteiger partial charge in [0.25, 0.3) is 5.91 Å². The normalized spacial score (nSPS) is 21.5. The summed E-state index contributed by atoms with van der Waals surface area (Å²) < 4.78 is 13.1. The number of halogens is 1. The zero-order valence-corrected chi connectivity index (χ0v) is 7.84. The van der Waals surface area contributed by atoms with Crippen LogP contribution in [-0.2, 0) is 4.79 Å². The fourth-order valence-electron chi connectivity index (χ4n) is 1.27. The quantitative estimate of drug-likeness (QED) is 0.634. The first-order chi connectivity index (χ1) is 6.20. The van der Waals surface area contributed by atoms with Crippen LogP contribution in [0.2, 0.25) is 0 Å². The maximum Gasteiger partial charge on any atom is 0.272 e. The number of carbonyl (C=O) groups excluding carboxylic acids is 1. The predicted molar refractivity (Wildman–Crippen MR) is 50.6 cm³/mol. The molecule has 1 atom stereocenters. The van der Waals surface area contributed by atoms with Crippen molar-refractivity contribution < 1.29 is 9.18 Å². The molecule has 0 aliphatic carbocycles. The molecule has 1 heterocycles. The summed E-state index contributed by atoms with van der Waals surface area (Å²) in [6.07, 6.45) is 0. The maximum atomic E-state index is 13.1. The molecule has 68 valence electrons. The number of nitrogens with zero attached hydrogens (tertiary/aromatic N) is 1. The first kappa shape index (κ1) is 8.56. The van der Waals surface area contributed by atoms with Gasteiger partial charge in [-0.15, -0.1) is 0 Å². The van der Waals surface area contributed by atoms with Crippen LogP contribution in [0.5, 0.6) is 0 Å². The fraction of sp³-hybridized carbons (Fsp3) is 0.222. The van der Waals surface area contributed by atoms with E-state index < -0.39 is 11.4 Å². The van der Waals surface area contributed by atoms with Crippen LogP contribution >= 0.6 is 11.8 Å². The summed E-state index contributed by atoms with van der Waals surface area (Å²) in [4.78, 5) is 13.4. The standard InChI is InChI=1S/C9H8FNOS/c1-11-6-4-2-3-5-7(6)13-8(10)9(11)12/h2-5,8H,1H3. The van der Waals surface area contributed by atoms with Crippen LogP contribution in [0.1, 0.15) is 0 Å². The molecule has 0 aromatic heterocycles. The van der Waals surface area contributed by atoms with Gasteiger partial charge in [-0.25, -0.2) is 4.39 Å². The summed E-state index contributed by atoms with van der Waals surface area (Å²) in [5.41, 5.74) is -0.675. The Balaban J connectivity index is 2.49. The Kier molecular flexibility index (Phi) is 2.00. The molecular formula is C9H8FNOS. The maximum absolute atomic E-state index is 13.1. The zero-order valence-electron chi connectivity index (χ0n) is 7.03. The van der Waals surface area contributed by atoms with E-state index in [0.29, 0.717) is 0 Å². The lowest BCUT2D eigenvalue weighted by atomic mass is 10.3. The van der Waals surface area contributed by atoms with Gasteiger partial charge in [0, 0.05) is 11.9 Å². The van der Waals surface area contributed by atoms with Crippen molar-refractivity contribution >= 4 is 23.4 Å². The van der Waals surface area contributed by atoms with Crippen molar-refractivity contribution in [2.45, 2.75) is 10.4 Å². The highest BCUT2D eigenvalue weighted by atomic mass is 32.2. The number of amides is 1. The van der Waals surface area contributed by atoms with Gasteiger partial charge in [0.15, 0.2) is 0 Å². The topological polar surface area (TPSA) is 20.3 Å². The van der Waals surface area contributed by atoms with Crippen LogP contribution in [-0.4, -0.2) is 18.5 Å². The molecule has 1 aliphatic heterocycles. The number of fused-ring (bicyclic) bond motifs is 1. The Morgan fingerprint density at radius 1 is 1.46 bits per heavy atom. The molecule has 1 aromatic rings. The first-order valence-corrected chi connectivity index (χ1v) is 4.75. The van der Waals surface area contributed by atoms with Crippen molar-refractivity contribution in [1.82, 2.24) is 0 Å². The van der Waals surface area contributed by atoms with E-state index in [4.69, 9.17) is 0 Å². The lowest BCUT2D eigenvalue weighted by molar-refractivity contribution is -0.120.